The summed E-state index contributed by atoms with van der Waals surface area (Å²) in [7, 11) is 0. The van der Waals surface area contributed by atoms with Crippen LogP contribution in [-0.4, -0.2) is 60.9 Å². The Kier molecular flexibility index (Phi) is 5.58. The van der Waals surface area contributed by atoms with Crippen molar-refractivity contribution in [1.82, 2.24) is 15.1 Å². The zero-order valence-electron chi connectivity index (χ0n) is 15.9. The van der Waals surface area contributed by atoms with Gasteiger partial charge in [0, 0.05) is 44.7 Å². The van der Waals surface area contributed by atoms with Crippen molar-refractivity contribution in [2.24, 2.45) is 0 Å². The summed E-state index contributed by atoms with van der Waals surface area (Å²) < 4.78 is 5.56. The second kappa shape index (κ2) is 8.44. The Labute approximate surface area is 165 Å². The van der Waals surface area contributed by atoms with E-state index in [9.17, 15) is 9.59 Å². The molecule has 2 heterocycles. The number of hydrogen-bond acceptors (Lipinski definition) is 4. The normalized spacial score (nSPS) is 16.4. The van der Waals surface area contributed by atoms with Gasteiger partial charge in [-0.15, -0.1) is 0 Å². The molecule has 0 spiro atoms. The summed E-state index contributed by atoms with van der Waals surface area (Å²) in [6.07, 6.45) is 0.986. The van der Waals surface area contributed by atoms with E-state index in [1.165, 1.54) is 11.1 Å². The van der Waals surface area contributed by atoms with Crippen molar-refractivity contribution in [1.29, 1.82) is 0 Å². The van der Waals surface area contributed by atoms with Gasteiger partial charge in [0.2, 0.25) is 5.91 Å². The van der Waals surface area contributed by atoms with Crippen molar-refractivity contribution >= 4 is 11.8 Å². The molecule has 1 fully saturated rings. The minimum absolute atomic E-state index is 0.0291. The second-order valence-corrected chi connectivity index (χ2v) is 7.25. The molecule has 4 rings (SSSR count). The van der Waals surface area contributed by atoms with Crippen LogP contribution in [0.3, 0.4) is 0 Å². The Morgan fingerprint density at radius 1 is 1.00 bits per heavy atom. The molecule has 146 valence electrons. The number of rotatable bonds is 5. The van der Waals surface area contributed by atoms with Crippen LogP contribution < -0.4 is 10.1 Å². The maximum absolute atomic E-state index is 12.4. The van der Waals surface area contributed by atoms with Gasteiger partial charge in [0.05, 0.1) is 13.2 Å². The highest BCUT2D eigenvalue weighted by Gasteiger charge is 2.22. The summed E-state index contributed by atoms with van der Waals surface area (Å²) in [5, 5.41) is 2.72. The fraction of sp³-hybridized carbons (Fsp3) is 0.364. The molecule has 28 heavy (non-hydrogen) atoms. The Balaban J connectivity index is 1.22. The fourth-order valence-corrected chi connectivity index (χ4v) is 3.71. The molecular weight excluding hydrogens is 354 g/mol. The van der Waals surface area contributed by atoms with Crippen molar-refractivity contribution < 1.29 is 14.3 Å². The first-order valence-corrected chi connectivity index (χ1v) is 9.77. The molecule has 2 aliphatic heterocycles. The van der Waals surface area contributed by atoms with Gasteiger partial charge in [-0.05, 0) is 29.3 Å². The molecule has 2 amide bonds. The Morgan fingerprint density at radius 2 is 1.79 bits per heavy atom. The number of carbonyl (C=O) groups excluding carboxylic acids is 2. The van der Waals surface area contributed by atoms with Crippen molar-refractivity contribution in [2.75, 3.05) is 39.3 Å². The van der Waals surface area contributed by atoms with E-state index in [4.69, 9.17) is 4.74 Å². The van der Waals surface area contributed by atoms with Crippen LogP contribution in [0.4, 0.5) is 0 Å². The molecule has 0 atom stereocenters. The average Bonchev–Trinajstić information content (AvgIpc) is 3.21. The molecule has 0 aliphatic carbocycles. The topological polar surface area (TPSA) is 61.9 Å². The number of nitrogens with zero attached hydrogens (tertiary/aromatic N) is 2. The SMILES string of the molecule is O=C(NCC(=O)N1CCN(Cc2ccc3c(c2)CCO3)CC1)c1ccccc1. The Bertz CT molecular complexity index is 845. The maximum atomic E-state index is 12.4. The lowest BCUT2D eigenvalue weighted by molar-refractivity contribution is -0.131. The number of piperazine rings is 1. The van der Waals surface area contributed by atoms with E-state index in [-0.39, 0.29) is 18.4 Å². The number of carbonyl (C=O) groups is 2. The second-order valence-electron chi connectivity index (χ2n) is 7.25. The first-order chi connectivity index (χ1) is 13.7. The highest BCUT2D eigenvalue weighted by atomic mass is 16.5. The monoisotopic (exact) mass is 379 g/mol. The van der Waals surface area contributed by atoms with Crippen LogP contribution in [0.2, 0.25) is 0 Å². The van der Waals surface area contributed by atoms with Gasteiger partial charge in [0.15, 0.2) is 0 Å². The number of amides is 2. The molecule has 6 heteroatoms. The molecule has 0 unspecified atom stereocenters. The van der Waals surface area contributed by atoms with Crippen molar-refractivity contribution in [2.45, 2.75) is 13.0 Å². The molecule has 0 aromatic heterocycles. The molecular formula is C22H25N3O3. The van der Waals surface area contributed by atoms with Crippen LogP contribution in [0.15, 0.2) is 48.5 Å². The van der Waals surface area contributed by atoms with Gasteiger partial charge in [-0.2, -0.15) is 0 Å². The minimum atomic E-state index is -0.215. The van der Waals surface area contributed by atoms with Gasteiger partial charge in [-0.25, -0.2) is 0 Å². The van der Waals surface area contributed by atoms with Gasteiger partial charge in [-0.3, -0.25) is 14.5 Å². The van der Waals surface area contributed by atoms with Gasteiger partial charge in [0.1, 0.15) is 5.75 Å². The van der Waals surface area contributed by atoms with Gasteiger partial charge < -0.3 is 15.0 Å². The quantitative estimate of drug-likeness (QED) is 0.859. The van der Waals surface area contributed by atoms with Crippen molar-refractivity contribution in [3.8, 4) is 5.75 Å². The number of nitrogens with one attached hydrogen (secondary N) is 1. The summed E-state index contributed by atoms with van der Waals surface area (Å²) in [4.78, 5) is 28.7. The fourth-order valence-electron chi connectivity index (χ4n) is 3.71. The highest BCUT2D eigenvalue weighted by Crippen LogP contribution is 2.26. The van der Waals surface area contributed by atoms with Crippen LogP contribution >= 0.6 is 0 Å². The van der Waals surface area contributed by atoms with E-state index >= 15 is 0 Å². The third-order valence-corrected chi connectivity index (χ3v) is 5.32. The maximum Gasteiger partial charge on any atom is 0.251 e. The molecule has 6 nitrogen and oxygen atoms in total. The van der Waals surface area contributed by atoms with Gasteiger partial charge in [-0.1, -0.05) is 30.3 Å². The summed E-state index contributed by atoms with van der Waals surface area (Å²) in [6, 6.07) is 15.4. The largest absolute Gasteiger partial charge is 0.493 e. The molecule has 1 N–H and O–H groups in total. The van der Waals surface area contributed by atoms with Crippen LogP contribution in [0.25, 0.3) is 0 Å². The molecule has 2 aliphatic rings. The lowest BCUT2D eigenvalue weighted by atomic mass is 10.1. The van der Waals surface area contributed by atoms with Crippen LogP contribution in [0.1, 0.15) is 21.5 Å². The third-order valence-electron chi connectivity index (χ3n) is 5.32. The highest BCUT2D eigenvalue weighted by molar-refractivity contribution is 5.96. The van der Waals surface area contributed by atoms with Crippen molar-refractivity contribution in [3.05, 3.63) is 65.2 Å². The molecule has 1 saturated heterocycles. The van der Waals surface area contributed by atoms with E-state index in [0.29, 0.717) is 18.7 Å². The molecule has 2 aromatic rings. The van der Waals surface area contributed by atoms with Crippen LogP contribution in [0.5, 0.6) is 5.75 Å². The molecule has 0 saturated carbocycles. The predicted octanol–water partition coefficient (Wildman–Crippen LogP) is 1.70. The summed E-state index contributed by atoms with van der Waals surface area (Å²) in [6.45, 7) is 4.76. The molecule has 0 bridgehead atoms. The average molecular weight is 379 g/mol. The van der Waals surface area contributed by atoms with Crippen LogP contribution in [-0.2, 0) is 17.8 Å². The number of ether oxygens (including phenoxy) is 1. The first kappa shape index (κ1) is 18.5. The number of hydrogen-bond donors (Lipinski definition) is 1. The minimum Gasteiger partial charge on any atom is -0.493 e. The number of fused-ring (bicyclic) bond motifs is 1. The van der Waals surface area contributed by atoms with E-state index in [1.807, 2.05) is 23.1 Å². The summed E-state index contributed by atoms with van der Waals surface area (Å²) >= 11 is 0. The van der Waals surface area contributed by atoms with Crippen molar-refractivity contribution in [3.63, 3.8) is 0 Å². The third kappa shape index (κ3) is 4.34. The van der Waals surface area contributed by atoms with Gasteiger partial charge in [0.25, 0.3) is 5.91 Å². The zero-order chi connectivity index (χ0) is 19.3. The van der Waals surface area contributed by atoms with E-state index in [0.717, 1.165) is 38.4 Å². The smallest absolute Gasteiger partial charge is 0.251 e. The lowest BCUT2D eigenvalue weighted by Gasteiger charge is -2.34. The Morgan fingerprint density at radius 3 is 2.57 bits per heavy atom. The first-order valence-electron chi connectivity index (χ1n) is 9.77. The lowest BCUT2D eigenvalue weighted by Crippen LogP contribution is -2.50. The zero-order valence-corrected chi connectivity index (χ0v) is 15.9. The van der Waals surface area contributed by atoms with Crippen LogP contribution in [0, 0.1) is 0 Å². The summed E-state index contributed by atoms with van der Waals surface area (Å²) in [5.41, 5.74) is 3.15. The van der Waals surface area contributed by atoms with E-state index in [2.05, 4.69) is 28.4 Å². The summed E-state index contributed by atoms with van der Waals surface area (Å²) in [5.74, 6) is 0.767. The standard InChI is InChI=1S/C22H25N3O3/c26-21(15-23-22(27)18-4-2-1-3-5-18)25-11-9-24(10-12-25)16-17-6-7-20-19(14-17)8-13-28-20/h1-7,14H,8-13,15-16H2,(H,23,27). The molecule has 0 radical (unpaired) electrons. The Hall–Kier alpha value is -2.86. The van der Waals surface area contributed by atoms with Gasteiger partial charge >= 0.3 is 0 Å². The predicted molar refractivity (Wildman–Crippen MR) is 106 cm³/mol. The van der Waals surface area contributed by atoms with E-state index in [1.54, 1.807) is 12.1 Å². The number of benzene rings is 2. The van der Waals surface area contributed by atoms with E-state index < -0.39 is 0 Å². The molecule has 2 aromatic carbocycles.